The monoisotopic (exact) mass is 428 g/mol. The number of alkyl halides is 3. The van der Waals surface area contributed by atoms with Crippen LogP contribution in [-0.2, 0) is 10.0 Å². The molecule has 0 radical (unpaired) electrons. The van der Waals surface area contributed by atoms with Crippen molar-refractivity contribution in [3.05, 3.63) is 48.5 Å². The summed E-state index contributed by atoms with van der Waals surface area (Å²) in [4.78, 5) is 3.68. The Morgan fingerprint density at radius 3 is 2.59 bits per heavy atom. The predicted octanol–water partition coefficient (Wildman–Crippen LogP) is 3.88. The third-order valence-electron chi connectivity index (χ3n) is 3.53. The van der Waals surface area contributed by atoms with Crippen LogP contribution in [0.4, 0.5) is 30.5 Å². The van der Waals surface area contributed by atoms with Crippen LogP contribution < -0.4 is 14.8 Å². The predicted molar refractivity (Wildman–Crippen MR) is 101 cm³/mol. The SMILES string of the molecule is [2H]c1c(-c2ccc(NS(=O)(=O)CC)cc2)n[nH]c1Nc1cccc(OC(F)(F)F)n1. The van der Waals surface area contributed by atoms with Gasteiger partial charge in [0.25, 0.3) is 0 Å². The lowest BCUT2D eigenvalue weighted by molar-refractivity contribution is -0.276. The van der Waals surface area contributed by atoms with E-state index in [4.69, 9.17) is 1.37 Å². The van der Waals surface area contributed by atoms with Gasteiger partial charge in [-0.2, -0.15) is 10.1 Å². The van der Waals surface area contributed by atoms with Crippen LogP contribution in [0.5, 0.6) is 5.88 Å². The van der Waals surface area contributed by atoms with Gasteiger partial charge in [-0.3, -0.25) is 9.82 Å². The molecule has 0 aliphatic rings. The number of nitrogens with one attached hydrogen (secondary N) is 3. The lowest BCUT2D eigenvalue weighted by atomic mass is 10.1. The lowest BCUT2D eigenvalue weighted by Gasteiger charge is -2.09. The number of anilines is 3. The van der Waals surface area contributed by atoms with Gasteiger partial charge in [0.05, 0.1) is 12.8 Å². The highest BCUT2D eigenvalue weighted by Crippen LogP contribution is 2.25. The molecule has 3 rings (SSSR count). The zero-order valence-electron chi connectivity index (χ0n) is 15.9. The fraction of sp³-hybridized carbons (Fsp3) is 0.176. The van der Waals surface area contributed by atoms with Gasteiger partial charge >= 0.3 is 6.36 Å². The van der Waals surface area contributed by atoms with Gasteiger partial charge in [-0.15, -0.1) is 13.2 Å². The summed E-state index contributed by atoms with van der Waals surface area (Å²) in [6.45, 7) is 1.51. The summed E-state index contributed by atoms with van der Waals surface area (Å²) in [5.74, 6) is -0.588. The number of aromatic amines is 1. The van der Waals surface area contributed by atoms with E-state index in [1.54, 1.807) is 12.1 Å². The van der Waals surface area contributed by atoms with Crippen molar-refractivity contribution in [1.82, 2.24) is 15.2 Å². The first kappa shape index (κ1) is 19.1. The molecular weight excluding hydrogens is 411 g/mol. The maximum Gasteiger partial charge on any atom is 0.574 e. The smallest absolute Gasteiger partial charge is 0.388 e. The first-order chi connectivity index (χ1) is 14.1. The Labute approximate surface area is 165 Å². The highest BCUT2D eigenvalue weighted by atomic mass is 32.2. The molecule has 154 valence electrons. The van der Waals surface area contributed by atoms with E-state index in [1.165, 1.54) is 31.2 Å². The Balaban J connectivity index is 1.77. The standard InChI is InChI=1S/C17H16F3N5O3S/c1-2-29(26,27)25-12-8-6-11(7-9-12)13-10-15(24-23-13)21-14-4-3-5-16(22-14)28-17(18,19)20/h3-10,25H,2H2,1H3,(H2,21,22,23,24)/i10D. The van der Waals surface area contributed by atoms with Gasteiger partial charge in [0.15, 0.2) is 0 Å². The van der Waals surface area contributed by atoms with Gasteiger partial charge in [0.2, 0.25) is 15.9 Å². The molecule has 0 aliphatic heterocycles. The number of hydrogen-bond donors (Lipinski definition) is 3. The molecule has 2 aromatic heterocycles. The minimum atomic E-state index is -4.87. The lowest BCUT2D eigenvalue weighted by Crippen LogP contribution is -2.18. The maximum absolute atomic E-state index is 12.3. The average Bonchev–Trinajstić information content (AvgIpc) is 3.01. The summed E-state index contributed by atoms with van der Waals surface area (Å²) < 4.78 is 74.6. The van der Waals surface area contributed by atoms with Gasteiger partial charge < -0.3 is 10.1 Å². The molecule has 0 bridgehead atoms. The maximum atomic E-state index is 12.3. The van der Waals surface area contributed by atoms with Crippen LogP contribution in [0, 0.1) is 0 Å². The molecule has 0 saturated heterocycles. The molecule has 2 heterocycles. The third kappa shape index (κ3) is 5.85. The van der Waals surface area contributed by atoms with E-state index < -0.39 is 22.3 Å². The Hall–Kier alpha value is -3.28. The second-order valence-corrected chi connectivity index (χ2v) is 7.70. The van der Waals surface area contributed by atoms with Crippen molar-refractivity contribution in [3.8, 4) is 17.1 Å². The zero-order valence-corrected chi connectivity index (χ0v) is 15.7. The van der Waals surface area contributed by atoms with E-state index in [0.29, 0.717) is 11.3 Å². The number of ether oxygens (including phenoxy) is 1. The number of hydrogen-bond acceptors (Lipinski definition) is 6. The molecular formula is C17H16F3N5O3S. The second kappa shape index (κ2) is 7.99. The van der Waals surface area contributed by atoms with E-state index in [2.05, 4.69) is 30.0 Å². The topological polar surface area (TPSA) is 109 Å². The normalized spacial score (nSPS) is 12.3. The van der Waals surface area contributed by atoms with Crippen LogP contribution in [0.25, 0.3) is 11.3 Å². The van der Waals surface area contributed by atoms with Crippen LogP contribution in [0.1, 0.15) is 8.29 Å². The first-order valence-corrected chi connectivity index (χ1v) is 9.87. The summed E-state index contributed by atoms with van der Waals surface area (Å²) in [5.41, 5.74) is 1.16. The third-order valence-corrected chi connectivity index (χ3v) is 4.84. The van der Waals surface area contributed by atoms with Gasteiger partial charge in [-0.1, -0.05) is 18.2 Å². The van der Waals surface area contributed by atoms with Crippen molar-refractivity contribution in [2.45, 2.75) is 13.3 Å². The van der Waals surface area contributed by atoms with Crippen molar-refractivity contribution >= 4 is 27.3 Å². The molecule has 8 nitrogen and oxygen atoms in total. The highest BCUT2D eigenvalue weighted by Gasteiger charge is 2.31. The van der Waals surface area contributed by atoms with Crippen LogP contribution in [0.15, 0.2) is 48.5 Å². The summed E-state index contributed by atoms with van der Waals surface area (Å²) in [6.07, 6.45) is -4.87. The van der Waals surface area contributed by atoms with Gasteiger partial charge in [-0.05, 0) is 25.1 Å². The van der Waals surface area contributed by atoms with Crippen molar-refractivity contribution in [2.75, 3.05) is 15.8 Å². The van der Waals surface area contributed by atoms with Crippen molar-refractivity contribution in [1.29, 1.82) is 0 Å². The molecule has 3 aromatic rings. The second-order valence-electron chi connectivity index (χ2n) is 5.69. The van der Waals surface area contributed by atoms with Gasteiger partial charge in [-0.25, -0.2) is 8.42 Å². The number of pyridine rings is 1. The molecule has 0 saturated carbocycles. The number of halogens is 3. The van der Waals surface area contributed by atoms with E-state index in [-0.39, 0.29) is 29.1 Å². The molecule has 12 heteroatoms. The van der Waals surface area contributed by atoms with Crippen molar-refractivity contribution in [3.63, 3.8) is 0 Å². The highest BCUT2D eigenvalue weighted by molar-refractivity contribution is 7.92. The number of benzene rings is 1. The van der Waals surface area contributed by atoms with Crippen LogP contribution >= 0.6 is 0 Å². The molecule has 0 amide bonds. The van der Waals surface area contributed by atoms with E-state index >= 15 is 0 Å². The summed E-state index contributed by atoms with van der Waals surface area (Å²) in [5, 5.41) is 9.30. The van der Waals surface area contributed by atoms with E-state index in [9.17, 15) is 21.6 Å². The van der Waals surface area contributed by atoms with Gasteiger partial charge in [0, 0.05) is 23.4 Å². The quantitative estimate of drug-likeness (QED) is 0.527. The molecule has 0 spiro atoms. The van der Waals surface area contributed by atoms with Crippen LogP contribution in [0.3, 0.4) is 0 Å². The minimum absolute atomic E-state index is 0.0183. The van der Waals surface area contributed by atoms with Gasteiger partial charge in [0.1, 0.15) is 11.6 Å². The molecule has 0 fully saturated rings. The molecule has 29 heavy (non-hydrogen) atoms. The number of rotatable bonds is 7. The fourth-order valence-corrected chi connectivity index (χ4v) is 2.86. The number of nitrogens with zero attached hydrogens (tertiary/aromatic N) is 2. The Morgan fingerprint density at radius 1 is 1.21 bits per heavy atom. The molecule has 0 aliphatic carbocycles. The fourth-order valence-electron chi connectivity index (χ4n) is 2.22. The summed E-state index contributed by atoms with van der Waals surface area (Å²) in [6, 6.07) is 9.94. The summed E-state index contributed by atoms with van der Waals surface area (Å²) in [7, 11) is -3.41. The van der Waals surface area contributed by atoms with Crippen molar-refractivity contribution in [2.24, 2.45) is 0 Å². The van der Waals surface area contributed by atoms with Crippen molar-refractivity contribution < 1.29 is 27.7 Å². The largest absolute Gasteiger partial charge is 0.574 e. The number of H-pyrrole nitrogens is 1. The number of aromatic nitrogens is 3. The molecule has 0 atom stereocenters. The molecule has 3 N–H and O–H groups in total. The average molecular weight is 428 g/mol. The van der Waals surface area contributed by atoms with E-state index in [0.717, 1.165) is 6.07 Å². The van der Waals surface area contributed by atoms with E-state index in [1.807, 2.05) is 0 Å². The summed E-state index contributed by atoms with van der Waals surface area (Å²) >= 11 is 0. The Morgan fingerprint density at radius 2 is 1.93 bits per heavy atom. The Bertz CT molecular complexity index is 1130. The molecule has 1 aromatic carbocycles. The molecule has 0 unspecified atom stereocenters. The first-order valence-electron chi connectivity index (χ1n) is 8.72. The number of sulfonamides is 1. The zero-order chi connectivity index (χ0) is 21.9. The van der Waals surface area contributed by atoms with Crippen LogP contribution in [-0.4, -0.2) is 35.7 Å². The minimum Gasteiger partial charge on any atom is -0.388 e. The Kier molecular flexibility index (Phi) is 5.25. The van der Waals surface area contributed by atoms with Crippen LogP contribution in [0.2, 0.25) is 0 Å².